The number of halogens is 1. The Morgan fingerprint density at radius 1 is 1.53 bits per heavy atom. The van der Waals surface area contributed by atoms with Gasteiger partial charge in [-0.15, -0.1) is 11.8 Å². The maximum atomic E-state index is 13.2. The summed E-state index contributed by atoms with van der Waals surface area (Å²) >= 11 is 1.17. The van der Waals surface area contributed by atoms with E-state index < -0.39 is 0 Å². The van der Waals surface area contributed by atoms with Crippen LogP contribution in [-0.4, -0.2) is 17.8 Å². The Morgan fingerprint density at radius 2 is 2.20 bits per heavy atom. The van der Waals surface area contributed by atoms with Crippen molar-refractivity contribution in [3.05, 3.63) is 30.1 Å². The molecule has 15 heavy (non-hydrogen) atoms. The molecular formula is C11H13FO2S. The molecular weight excluding hydrogens is 215 g/mol. The van der Waals surface area contributed by atoms with Gasteiger partial charge < -0.3 is 4.74 Å². The van der Waals surface area contributed by atoms with Crippen LogP contribution in [0.1, 0.15) is 13.8 Å². The summed E-state index contributed by atoms with van der Waals surface area (Å²) in [5.74, 6) is -0.621. The predicted octanol–water partition coefficient (Wildman–Crippen LogP) is 2.87. The van der Waals surface area contributed by atoms with Crippen molar-refractivity contribution in [1.82, 2.24) is 0 Å². The van der Waals surface area contributed by atoms with E-state index in [-0.39, 0.29) is 17.0 Å². The highest BCUT2D eigenvalue weighted by molar-refractivity contribution is 8.00. The van der Waals surface area contributed by atoms with Gasteiger partial charge in [0, 0.05) is 4.90 Å². The summed E-state index contributed by atoms with van der Waals surface area (Å²) in [6.45, 7) is 3.80. The van der Waals surface area contributed by atoms with Gasteiger partial charge in [-0.05, 0) is 26.0 Å². The predicted molar refractivity (Wildman–Crippen MR) is 58.4 cm³/mol. The second-order valence-electron chi connectivity index (χ2n) is 2.94. The topological polar surface area (TPSA) is 26.3 Å². The molecule has 0 heterocycles. The molecule has 0 radical (unpaired) electrons. The number of ether oxygens (including phenoxy) is 1. The quantitative estimate of drug-likeness (QED) is 0.585. The minimum absolute atomic E-state index is 0.307. The lowest BCUT2D eigenvalue weighted by molar-refractivity contribution is -0.142. The molecule has 2 nitrogen and oxygen atoms in total. The van der Waals surface area contributed by atoms with E-state index in [0.717, 1.165) is 0 Å². The molecule has 0 fully saturated rings. The summed E-state index contributed by atoms with van der Waals surface area (Å²) in [5, 5.41) is -0.387. The first-order valence-corrected chi connectivity index (χ1v) is 5.61. The van der Waals surface area contributed by atoms with Crippen LogP contribution >= 0.6 is 11.8 Å². The third-order valence-corrected chi connectivity index (χ3v) is 2.89. The standard InChI is InChI=1S/C11H13FO2S/c1-3-14-11(13)8(2)15-10-7-5-4-6-9(10)12/h4-8H,3H2,1-2H3. The molecule has 0 aliphatic heterocycles. The smallest absolute Gasteiger partial charge is 0.319 e. The third-order valence-electron chi connectivity index (χ3n) is 1.76. The minimum Gasteiger partial charge on any atom is -0.465 e. The Morgan fingerprint density at radius 3 is 2.80 bits per heavy atom. The largest absolute Gasteiger partial charge is 0.465 e. The molecule has 1 aromatic carbocycles. The first-order valence-electron chi connectivity index (χ1n) is 4.73. The van der Waals surface area contributed by atoms with Crippen molar-refractivity contribution in [2.24, 2.45) is 0 Å². The van der Waals surface area contributed by atoms with Crippen LogP contribution in [0.2, 0.25) is 0 Å². The van der Waals surface area contributed by atoms with Gasteiger partial charge in [0.25, 0.3) is 0 Å². The fraction of sp³-hybridized carbons (Fsp3) is 0.364. The molecule has 0 saturated heterocycles. The van der Waals surface area contributed by atoms with Gasteiger partial charge in [0.05, 0.1) is 6.61 Å². The number of benzene rings is 1. The molecule has 1 rings (SSSR count). The van der Waals surface area contributed by atoms with E-state index in [9.17, 15) is 9.18 Å². The van der Waals surface area contributed by atoms with Crippen molar-refractivity contribution in [2.75, 3.05) is 6.61 Å². The molecule has 0 spiro atoms. The Kier molecular flexibility index (Phi) is 4.62. The molecule has 0 aliphatic rings. The summed E-state index contributed by atoms with van der Waals surface area (Å²) < 4.78 is 18.1. The molecule has 1 unspecified atom stereocenters. The Labute approximate surface area is 92.8 Å². The van der Waals surface area contributed by atoms with Crippen LogP contribution in [0.3, 0.4) is 0 Å². The van der Waals surface area contributed by atoms with E-state index in [0.29, 0.717) is 11.5 Å². The Bertz CT molecular complexity index is 341. The van der Waals surface area contributed by atoms with Gasteiger partial charge in [-0.3, -0.25) is 4.79 Å². The van der Waals surface area contributed by atoms with Crippen LogP contribution in [-0.2, 0) is 9.53 Å². The minimum atomic E-state index is -0.387. The van der Waals surface area contributed by atoms with E-state index in [1.54, 1.807) is 32.0 Å². The van der Waals surface area contributed by atoms with Crippen molar-refractivity contribution >= 4 is 17.7 Å². The highest BCUT2D eigenvalue weighted by Gasteiger charge is 2.16. The first-order chi connectivity index (χ1) is 7.15. The average Bonchev–Trinajstić information content (AvgIpc) is 2.21. The van der Waals surface area contributed by atoms with Gasteiger partial charge in [-0.25, -0.2) is 4.39 Å². The lowest BCUT2D eigenvalue weighted by Crippen LogP contribution is -2.16. The van der Waals surface area contributed by atoms with Crippen molar-refractivity contribution in [3.63, 3.8) is 0 Å². The zero-order valence-corrected chi connectivity index (χ0v) is 9.51. The normalized spacial score (nSPS) is 12.2. The summed E-state index contributed by atoms with van der Waals surface area (Å²) in [6.07, 6.45) is 0. The van der Waals surface area contributed by atoms with Crippen LogP contribution in [0.15, 0.2) is 29.2 Å². The number of hydrogen-bond donors (Lipinski definition) is 0. The Hall–Kier alpha value is -1.03. The van der Waals surface area contributed by atoms with Crippen molar-refractivity contribution in [1.29, 1.82) is 0 Å². The molecule has 0 aromatic heterocycles. The number of hydrogen-bond acceptors (Lipinski definition) is 3. The number of carbonyl (C=O) groups excluding carboxylic acids is 1. The van der Waals surface area contributed by atoms with E-state index in [1.807, 2.05) is 0 Å². The van der Waals surface area contributed by atoms with Gasteiger partial charge in [-0.2, -0.15) is 0 Å². The number of rotatable bonds is 4. The fourth-order valence-corrected chi connectivity index (χ4v) is 1.92. The van der Waals surface area contributed by atoms with Gasteiger partial charge in [0.15, 0.2) is 0 Å². The van der Waals surface area contributed by atoms with Crippen LogP contribution in [0, 0.1) is 5.82 Å². The van der Waals surface area contributed by atoms with Crippen LogP contribution in [0.4, 0.5) is 4.39 Å². The molecule has 1 aromatic rings. The third kappa shape index (κ3) is 3.55. The molecule has 0 N–H and O–H groups in total. The summed E-state index contributed by atoms with van der Waals surface area (Å²) in [7, 11) is 0. The van der Waals surface area contributed by atoms with E-state index in [2.05, 4.69) is 0 Å². The second kappa shape index (κ2) is 5.75. The maximum absolute atomic E-state index is 13.2. The average molecular weight is 228 g/mol. The molecule has 4 heteroatoms. The maximum Gasteiger partial charge on any atom is 0.319 e. The van der Waals surface area contributed by atoms with Crippen molar-refractivity contribution in [3.8, 4) is 0 Å². The molecule has 1 atom stereocenters. The van der Waals surface area contributed by atoms with E-state index >= 15 is 0 Å². The molecule has 0 aliphatic carbocycles. The highest BCUT2D eigenvalue weighted by atomic mass is 32.2. The van der Waals surface area contributed by atoms with Gasteiger partial charge in [0.1, 0.15) is 11.1 Å². The summed E-state index contributed by atoms with van der Waals surface area (Å²) in [5.41, 5.74) is 0. The SMILES string of the molecule is CCOC(=O)C(C)Sc1ccccc1F. The van der Waals surface area contributed by atoms with Crippen LogP contribution in [0.5, 0.6) is 0 Å². The van der Waals surface area contributed by atoms with Crippen molar-refractivity contribution < 1.29 is 13.9 Å². The van der Waals surface area contributed by atoms with Crippen LogP contribution < -0.4 is 0 Å². The lowest BCUT2D eigenvalue weighted by Gasteiger charge is -2.10. The second-order valence-corrected chi connectivity index (χ2v) is 4.33. The number of carbonyl (C=O) groups is 1. The van der Waals surface area contributed by atoms with Crippen molar-refractivity contribution in [2.45, 2.75) is 24.0 Å². The Balaban J connectivity index is 2.62. The van der Waals surface area contributed by atoms with Gasteiger partial charge >= 0.3 is 5.97 Å². The molecule has 0 saturated carbocycles. The number of thioether (sulfide) groups is 1. The fourth-order valence-electron chi connectivity index (χ4n) is 1.04. The monoisotopic (exact) mass is 228 g/mol. The zero-order chi connectivity index (χ0) is 11.3. The zero-order valence-electron chi connectivity index (χ0n) is 8.70. The first kappa shape index (κ1) is 12.0. The molecule has 0 amide bonds. The highest BCUT2D eigenvalue weighted by Crippen LogP contribution is 2.26. The number of esters is 1. The van der Waals surface area contributed by atoms with Gasteiger partial charge in [-0.1, -0.05) is 12.1 Å². The summed E-state index contributed by atoms with van der Waals surface area (Å²) in [6, 6.07) is 6.38. The lowest BCUT2D eigenvalue weighted by atomic mass is 10.3. The molecule has 82 valence electrons. The summed E-state index contributed by atoms with van der Waals surface area (Å²) in [4.78, 5) is 11.8. The van der Waals surface area contributed by atoms with Crippen LogP contribution in [0.25, 0.3) is 0 Å². The van der Waals surface area contributed by atoms with E-state index in [4.69, 9.17) is 4.74 Å². The van der Waals surface area contributed by atoms with E-state index in [1.165, 1.54) is 17.8 Å². The van der Waals surface area contributed by atoms with Gasteiger partial charge in [0.2, 0.25) is 0 Å². The molecule has 0 bridgehead atoms.